The van der Waals surface area contributed by atoms with E-state index >= 15 is 0 Å². The first kappa shape index (κ1) is 12.6. The average Bonchev–Trinajstić information content (AvgIpc) is 2.75. The molecule has 0 aliphatic carbocycles. The van der Waals surface area contributed by atoms with E-state index in [0.29, 0.717) is 31.4 Å². The minimum absolute atomic E-state index is 0.118. The molecule has 1 amide bonds. The highest BCUT2D eigenvalue weighted by molar-refractivity contribution is 8.02. The number of carbonyl (C=O) groups excluding carboxylic acids is 1. The lowest BCUT2D eigenvalue weighted by molar-refractivity contribution is -0.134. The lowest BCUT2D eigenvalue weighted by Crippen LogP contribution is -2.44. The molecule has 8 heteroatoms. The van der Waals surface area contributed by atoms with E-state index in [1.165, 1.54) is 23.1 Å². The van der Waals surface area contributed by atoms with Crippen LogP contribution in [0.2, 0.25) is 0 Å². The van der Waals surface area contributed by atoms with Crippen LogP contribution in [0.4, 0.5) is 5.13 Å². The third-order valence-electron chi connectivity index (χ3n) is 2.37. The van der Waals surface area contributed by atoms with Crippen molar-refractivity contribution in [2.75, 3.05) is 32.0 Å². The van der Waals surface area contributed by atoms with Gasteiger partial charge >= 0.3 is 0 Å². The Balaban J connectivity index is 1.90. The summed E-state index contributed by atoms with van der Waals surface area (Å²) in [5, 5.41) is 7.88. The summed E-state index contributed by atoms with van der Waals surface area (Å²) in [6.07, 6.45) is 0. The zero-order valence-corrected chi connectivity index (χ0v) is 11.1. The average molecular weight is 274 g/mol. The maximum atomic E-state index is 12.1. The molecule has 1 saturated heterocycles. The smallest absolute Gasteiger partial charge is 0.236 e. The van der Waals surface area contributed by atoms with Gasteiger partial charge in [-0.25, -0.2) is 0 Å². The van der Waals surface area contributed by atoms with Crippen molar-refractivity contribution < 1.29 is 9.53 Å². The Hall–Kier alpha value is -0.860. The molecule has 1 aliphatic heterocycles. The van der Waals surface area contributed by atoms with Crippen LogP contribution in [0.3, 0.4) is 0 Å². The fourth-order valence-electron chi connectivity index (χ4n) is 1.51. The van der Waals surface area contributed by atoms with Gasteiger partial charge in [0.05, 0.1) is 18.5 Å². The molecular formula is C9H14N4O2S2. The zero-order valence-electron chi connectivity index (χ0n) is 9.46. The number of nitrogen functional groups attached to an aromatic ring is 1. The van der Waals surface area contributed by atoms with Gasteiger partial charge in [-0.3, -0.25) is 4.79 Å². The van der Waals surface area contributed by atoms with E-state index < -0.39 is 0 Å². The number of aromatic nitrogens is 2. The van der Waals surface area contributed by atoms with E-state index in [9.17, 15) is 4.79 Å². The zero-order chi connectivity index (χ0) is 12.3. The first-order valence-electron chi connectivity index (χ1n) is 5.29. The van der Waals surface area contributed by atoms with E-state index in [1.807, 2.05) is 11.8 Å². The number of nitrogens with two attached hydrogens (primary N) is 1. The number of carbonyl (C=O) groups is 1. The van der Waals surface area contributed by atoms with Gasteiger partial charge in [0, 0.05) is 13.1 Å². The van der Waals surface area contributed by atoms with E-state index in [4.69, 9.17) is 10.5 Å². The normalized spacial score (nSPS) is 18.1. The van der Waals surface area contributed by atoms with Crippen LogP contribution in [-0.4, -0.2) is 52.6 Å². The molecular weight excluding hydrogens is 260 g/mol. The number of rotatable bonds is 3. The van der Waals surface area contributed by atoms with Crippen molar-refractivity contribution in [3.05, 3.63) is 0 Å². The number of nitrogens with zero attached hydrogens (tertiary/aromatic N) is 3. The van der Waals surface area contributed by atoms with E-state index in [0.717, 1.165) is 4.34 Å². The van der Waals surface area contributed by atoms with Gasteiger partial charge in [0.2, 0.25) is 11.0 Å². The van der Waals surface area contributed by atoms with Crippen LogP contribution in [0.25, 0.3) is 0 Å². The minimum Gasteiger partial charge on any atom is -0.378 e. The first-order chi connectivity index (χ1) is 8.16. The molecule has 2 heterocycles. The predicted octanol–water partition coefficient (Wildman–Crippen LogP) is 0.460. The first-order valence-corrected chi connectivity index (χ1v) is 6.98. The Labute approximate surface area is 108 Å². The Morgan fingerprint density at radius 3 is 2.82 bits per heavy atom. The van der Waals surface area contributed by atoms with Crippen molar-refractivity contribution in [2.45, 2.75) is 16.5 Å². The second kappa shape index (κ2) is 5.65. The van der Waals surface area contributed by atoms with E-state index in [2.05, 4.69) is 10.2 Å². The molecule has 1 fully saturated rings. The Bertz CT molecular complexity index is 392. The van der Waals surface area contributed by atoms with Gasteiger partial charge in [0.25, 0.3) is 0 Å². The number of ether oxygens (including phenoxy) is 1. The van der Waals surface area contributed by atoms with Gasteiger partial charge < -0.3 is 15.4 Å². The van der Waals surface area contributed by atoms with Crippen LogP contribution in [0.1, 0.15) is 6.92 Å². The molecule has 17 heavy (non-hydrogen) atoms. The summed E-state index contributed by atoms with van der Waals surface area (Å²) >= 11 is 2.70. The molecule has 1 unspecified atom stereocenters. The standard InChI is InChI=1S/C9H14N4O2S2/c1-6(16-9-12-11-8(10)17-9)7(14)13-2-4-15-5-3-13/h6H,2-5H2,1H3,(H2,10,11). The van der Waals surface area contributed by atoms with Crippen molar-refractivity contribution in [3.8, 4) is 0 Å². The fourth-order valence-corrected chi connectivity index (χ4v) is 3.37. The topological polar surface area (TPSA) is 81.3 Å². The van der Waals surface area contributed by atoms with Crippen molar-refractivity contribution >= 4 is 34.1 Å². The summed E-state index contributed by atoms with van der Waals surface area (Å²) in [5.74, 6) is 0.118. The summed E-state index contributed by atoms with van der Waals surface area (Å²) in [7, 11) is 0. The number of anilines is 1. The summed E-state index contributed by atoms with van der Waals surface area (Å²) < 4.78 is 5.95. The van der Waals surface area contributed by atoms with Crippen molar-refractivity contribution in [1.29, 1.82) is 0 Å². The maximum absolute atomic E-state index is 12.1. The number of hydrogen-bond acceptors (Lipinski definition) is 7. The van der Waals surface area contributed by atoms with Gasteiger partial charge in [-0.05, 0) is 6.92 Å². The minimum atomic E-state index is -0.166. The third-order valence-corrected chi connectivity index (χ3v) is 4.29. The second-order valence-electron chi connectivity index (χ2n) is 3.60. The number of amides is 1. The van der Waals surface area contributed by atoms with E-state index in [1.54, 1.807) is 0 Å². The fraction of sp³-hybridized carbons (Fsp3) is 0.667. The molecule has 2 rings (SSSR count). The predicted molar refractivity (Wildman–Crippen MR) is 67.0 cm³/mol. The highest BCUT2D eigenvalue weighted by atomic mass is 32.2. The summed E-state index contributed by atoms with van der Waals surface area (Å²) in [4.78, 5) is 13.9. The molecule has 94 valence electrons. The largest absolute Gasteiger partial charge is 0.378 e. The van der Waals surface area contributed by atoms with Gasteiger partial charge in [0.15, 0.2) is 4.34 Å². The molecule has 1 aromatic heterocycles. The van der Waals surface area contributed by atoms with Crippen LogP contribution in [-0.2, 0) is 9.53 Å². The highest BCUT2D eigenvalue weighted by Gasteiger charge is 2.24. The molecule has 0 bridgehead atoms. The van der Waals surface area contributed by atoms with Gasteiger partial charge in [-0.2, -0.15) is 0 Å². The molecule has 1 aromatic rings. The summed E-state index contributed by atoms with van der Waals surface area (Å²) in [6, 6.07) is 0. The number of hydrogen-bond donors (Lipinski definition) is 1. The number of morpholine rings is 1. The van der Waals surface area contributed by atoms with Crippen LogP contribution in [0, 0.1) is 0 Å². The highest BCUT2D eigenvalue weighted by Crippen LogP contribution is 2.28. The van der Waals surface area contributed by atoms with E-state index in [-0.39, 0.29) is 11.2 Å². The van der Waals surface area contributed by atoms with Gasteiger partial charge in [0.1, 0.15) is 0 Å². The third kappa shape index (κ3) is 3.30. The Morgan fingerprint density at radius 2 is 2.24 bits per heavy atom. The van der Waals surface area contributed by atoms with Crippen molar-refractivity contribution in [2.24, 2.45) is 0 Å². The van der Waals surface area contributed by atoms with Crippen LogP contribution < -0.4 is 5.73 Å². The van der Waals surface area contributed by atoms with Gasteiger partial charge in [-0.1, -0.05) is 23.1 Å². The Morgan fingerprint density at radius 1 is 1.53 bits per heavy atom. The molecule has 0 spiro atoms. The molecule has 0 aromatic carbocycles. The molecule has 1 aliphatic rings. The van der Waals surface area contributed by atoms with Crippen LogP contribution in [0.5, 0.6) is 0 Å². The van der Waals surface area contributed by atoms with Crippen LogP contribution >= 0.6 is 23.1 Å². The van der Waals surface area contributed by atoms with Crippen molar-refractivity contribution in [3.63, 3.8) is 0 Å². The van der Waals surface area contributed by atoms with Gasteiger partial charge in [-0.15, -0.1) is 10.2 Å². The quantitative estimate of drug-likeness (QED) is 0.806. The SMILES string of the molecule is CC(Sc1nnc(N)s1)C(=O)N1CCOCC1. The second-order valence-corrected chi connectivity index (χ2v) is 6.20. The lowest BCUT2D eigenvalue weighted by atomic mass is 10.3. The monoisotopic (exact) mass is 274 g/mol. The maximum Gasteiger partial charge on any atom is 0.236 e. The summed E-state index contributed by atoms with van der Waals surface area (Å²) in [5.41, 5.74) is 5.49. The molecule has 0 radical (unpaired) electrons. The summed E-state index contributed by atoms with van der Waals surface area (Å²) in [6.45, 7) is 4.45. The van der Waals surface area contributed by atoms with Crippen LogP contribution in [0.15, 0.2) is 4.34 Å². The van der Waals surface area contributed by atoms with Crippen molar-refractivity contribution in [1.82, 2.24) is 15.1 Å². The molecule has 1 atom stereocenters. The molecule has 2 N–H and O–H groups in total. The Kier molecular flexibility index (Phi) is 4.19. The number of thioether (sulfide) groups is 1. The molecule has 6 nitrogen and oxygen atoms in total. The lowest BCUT2D eigenvalue weighted by Gasteiger charge is -2.28. The molecule has 0 saturated carbocycles.